The molecular formula is C32H36ClN3O6S. The molecule has 3 aromatic carbocycles. The average Bonchev–Trinajstić information content (AvgIpc) is 3.46. The van der Waals surface area contributed by atoms with Crippen molar-refractivity contribution in [2.24, 2.45) is 0 Å². The second-order valence-electron chi connectivity index (χ2n) is 11.0. The molecule has 1 atom stereocenters. The highest BCUT2D eigenvalue weighted by Gasteiger charge is 2.34. The molecule has 43 heavy (non-hydrogen) atoms. The molecule has 0 saturated heterocycles. The molecule has 1 heterocycles. The lowest BCUT2D eigenvalue weighted by Gasteiger charge is -2.35. The van der Waals surface area contributed by atoms with E-state index in [0.29, 0.717) is 16.5 Å². The summed E-state index contributed by atoms with van der Waals surface area (Å²) in [4.78, 5) is 29.8. The van der Waals surface area contributed by atoms with E-state index in [2.05, 4.69) is 5.32 Å². The first-order valence-corrected chi connectivity index (χ1v) is 16.7. The number of carbonyl (C=O) groups is 2. The van der Waals surface area contributed by atoms with Crippen molar-refractivity contribution < 1.29 is 27.5 Å². The molecule has 2 aliphatic rings. The Kier molecular flexibility index (Phi) is 9.77. The van der Waals surface area contributed by atoms with Crippen molar-refractivity contribution in [1.82, 2.24) is 10.2 Å². The third-order valence-electron chi connectivity index (χ3n) is 7.79. The van der Waals surface area contributed by atoms with Crippen molar-refractivity contribution in [3.05, 3.63) is 88.9 Å². The summed E-state index contributed by atoms with van der Waals surface area (Å²) in [5.41, 5.74) is 1.86. The summed E-state index contributed by atoms with van der Waals surface area (Å²) in [7, 11) is -3.90. The highest BCUT2D eigenvalue weighted by molar-refractivity contribution is 7.92. The normalized spacial score (nSPS) is 15.5. The van der Waals surface area contributed by atoms with Gasteiger partial charge in [0.05, 0.1) is 11.9 Å². The minimum absolute atomic E-state index is 0.0290. The number of benzene rings is 3. The van der Waals surface area contributed by atoms with Crippen LogP contribution in [0.15, 0.2) is 72.8 Å². The number of sulfonamides is 1. The lowest BCUT2D eigenvalue weighted by atomic mass is 9.94. The van der Waals surface area contributed by atoms with E-state index in [1.165, 1.54) is 11.0 Å². The van der Waals surface area contributed by atoms with Gasteiger partial charge in [-0.05, 0) is 48.2 Å². The first-order valence-electron chi connectivity index (χ1n) is 14.4. The van der Waals surface area contributed by atoms with Crippen LogP contribution in [0.1, 0.15) is 43.2 Å². The van der Waals surface area contributed by atoms with Gasteiger partial charge in [0.1, 0.15) is 12.6 Å². The van der Waals surface area contributed by atoms with E-state index in [0.717, 1.165) is 53.8 Å². The summed E-state index contributed by atoms with van der Waals surface area (Å²) >= 11 is 6.29. The second-order valence-corrected chi connectivity index (χ2v) is 13.4. The molecule has 11 heteroatoms. The van der Waals surface area contributed by atoms with Gasteiger partial charge < -0.3 is 19.7 Å². The zero-order chi connectivity index (χ0) is 30.4. The van der Waals surface area contributed by atoms with Crippen molar-refractivity contribution in [3.8, 4) is 11.5 Å². The molecule has 9 nitrogen and oxygen atoms in total. The lowest BCUT2D eigenvalue weighted by Crippen LogP contribution is -2.55. The fourth-order valence-electron chi connectivity index (χ4n) is 5.58. The number of rotatable bonds is 11. The molecule has 0 radical (unpaired) electrons. The largest absolute Gasteiger partial charge is 0.454 e. The van der Waals surface area contributed by atoms with Crippen molar-refractivity contribution in [3.63, 3.8) is 0 Å². The molecule has 1 saturated carbocycles. The van der Waals surface area contributed by atoms with E-state index in [1.54, 1.807) is 30.3 Å². The summed E-state index contributed by atoms with van der Waals surface area (Å²) in [5.74, 6) is 0.0968. The lowest BCUT2D eigenvalue weighted by molar-refractivity contribution is -0.140. The van der Waals surface area contributed by atoms with E-state index in [9.17, 15) is 18.0 Å². The molecule has 1 aliphatic carbocycles. The van der Waals surface area contributed by atoms with Crippen LogP contribution in [0, 0.1) is 0 Å². The number of nitrogens with zero attached hydrogens (tertiary/aromatic N) is 2. The highest BCUT2D eigenvalue weighted by Crippen LogP contribution is 2.36. The van der Waals surface area contributed by atoms with Crippen LogP contribution < -0.4 is 19.1 Å². The topological polar surface area (TPSA) is 105 Å². The summed E-state index contributed by atoms with van der Waals surface area (Å²) in [6.45, 7) is -0.421. The zero-order valence-corrected chi connectivity index (χ0v) is 25.6. The van der Waals surface area contributed by atoms with Crippen molar-refractivity contribution in [2.75, 3.05) is 23.9 Å². The van der Waals surface area contributed by atoms with E-state index in [1.807, 2.05) is 36.4 Å². The Morgan fingerprint density at radius 2 is 1.65 bits per heavy atom. The van der Waals surface area contributed by atoms with Gasteiger partial charge in [-0.2, -0.15) is 0 Å². The zero-order valence-electron chi connectivity index (χ0n) is 24.1. The maximum atomic E-state index is 14.3. The molecule has 0 aromatic heterocycles. The molecule has 5 rings (SSSR count). The van der Waals surface area contributed by atoms with Crippen molar-refractivity contribution >= 4 is 39.1 Å². The predicted molar refractivity (Wildman–Crippen MR) is 166 cm³/mol. The SMILES string of the molecule is CS(=O)(=O)N(CC(=O)N(Cc1cccc(Cl)c1)[C@@H](Cc1ccccc1)C(=O)NC1CCCCC1)c1ccc2c(c1)OCO2. The fourth-order valence-corrected chi connectivity index (χ4v) is 6.64. The van der Waals surface area contributed by atoms with Crippen molar-refractivity contribution in [1.29, 1.82) is 0 Å². The van der Waals surface area contributed by atoms with Crippen LogP contribution >= 0.6 is 11.6 Å². The smallest absolute Gasteiger partial charge is 0.244 e. The van der Waals surface area contributed by atoms with Crippen LogP contribution in [0.2, 0.25) is 5.02 Å². The van der Waals surface area contributed by atoms with Crippen molar-refractivity contribution in [2.45, 2.75) is 57.2 Å². The maximum absolute atomic E-state index is 14.3. The Morgan fingerprint density at radius 3 is 2.37 bits per heavy atom. The number of nitrogens with one attached hydrogen (secondary N) is 1. The summed E-state index contributed by atoms with van der Waals surface area (Å²) in [6.07, 6.45) is 6.30. The van der Waals surface area contributed by atoms with Crippen LogP contribution in [0.5, 0.6) is 11.5 Å². The number of fused-ring (bicyclic) bond motifs is 1. The molecular weight excluding hydrogens is 590 g/mol. The molecule has 228 valence electrons. The first-order chi connectivity index (χ1) is 20.7. The molecule has 0 unspecified atom stereocenters. The number of carbonyl (C=O) groups excluding carboxylic acids is 2. The highest BCUT2D eigenvalue weighted by atomic mass is 35.5. The number of halogens is 1. The predicted octanol–water partition coefficient (Wildman–Crippen LogP) is 4.92. The summed E-state index contributed by atoms with van der Waals surface area (Å²) in [5, 5.41) is 3.69. The van der Waals surface area contributed by atoms with Crippen LogP contribution in [-0.2, 0) is 32.6 Å². The van der Waals surface area contributed by atoms with Gasteiger partial charge in [0.2, 0.25) is 28.6 Å². The molecule has 1 N–H and O–H groups in total. The standard InChI is InChI=1S/C32H36ClN3O6S/c1-43(39,40)36(27-15-16-29-30(19-27)42-22-41-29)21-31(37)35(20-24-11-8-12-25(33)17-24)28(18-23-9-4-2-5-10-23)32(38)34-26-13-6-3-7-14-26/h2,4-5,8-12,15-17,19,26,28H,3,6-7,13-14,18,20-22H2,1H3,(H,34,38)/t28-/m0/s1. The van der Waals surface area contributed by atoms with Gasteiger partial charge >= 0.3 is 0 Å². The molecule has 1 aliphatic heterocycles. The van der Waals surface area contributed by atoms with E-state index >= 15 is 0 Å². The number of amides is 2. The third-order valence-corrected chi connectivity index (χ3v) is 9.16. The van der Waals surface area contributed by atoms with Crippen LogP contribution in [-0.4, -0.2) is 56.8 Å². The maximum Gasteiger partial charge on any atom is 0.244 e. The van der Waals surface area contributed by atoms with Crippen LogP contribution in [0.4, 0.5) is 5.69 Å². The summed E-state index contributed by atoms with van der Waals surface area (Å²) < 4.78 is 37.9. The minimum atomic E-state index is -3.90. The number of hydrogen-bond donors (Lipinski definition) is 1. The number of ether oxygens (including phenoxy) is 2. The third kappa shape index (κ3) is 8.00. The molecule has 3 aromatic rings. The Morgan fingerprint density at radius 1 is 0.930 bits per heavy atom. The summed E-state index contributed by atoms with van der Waals surface area (Å²) in [6, 6.07) is 20.4. The molecule has 0 bridgehead atoms. The Hall–Kier alpha value is -3.76. The first kappa shape index (κ1) is 30.7. The van der Waals surface area contributed by atoms with Crippen LogP contribution in [0.3, 0.4) is 0 Å². The number of hydrogen-bond acceptors (Lipinski definition) is 6. The molecule has 0 spiro atoms. The fraction of sp³-hybridized carbons (Fsp3) is 0.375. The monoisotopic (exact) mass is 625 g/mol. The van der Waals surface area contributed by atoms with Gasteiger partial charge in [-0.25, -0.2) is 8.42 Å². The van der Waals surface area contributed by atoms with E-state index < -0.39 is 28.5 Å². The molecule has 1 fully saturated rings. The Bertz CT molecular complexity index is 1550. The van der Waals surface area contributed by atoms with Gasteiger partial charge in [0.15, 0.2) is 11.5 Å². The Labute approximate surface area is 257 Å². The van der Waals surface area contributed by atoms with Gasteiger partial charge in [0.25, 0.3) is 0 Å². The van der Waals surface area contributed by atoms with Gasteiger partial charge in [-0.3, -0.25) is 13.9 Å². The Balaban J connectivity index is 1.50. The quantitative estimate of drug-likeness (QED) is 0.324. The minimum Gasteiger partial charge on any atom is -0.454 e. The van der Waals surface area contributed by atoms with Gasteiger partial charge in [-0.1, -0.05) is 73.3 Å². The van der Waals surface area contributed by atoms with Gasteiger partial charge in [0, 0.05) is 30.1 Å². The molecule has 2 amide bonds. The van der Waals surface area contributed by atoms with E-state index in [4.69, 9.17) is 21.1 Å². The second kappa shape index (κ2) is 13.7. The van der Waals surface area contributed by atoms with Gasteiger partial charge in [-0.15, -0.1) is 0 Å². The van der Waals surface area contributed by atoms with Crippen LogP contribution in [0.25, 0.3) is 0 Å². The van der Waals surface area contributed by atoms with E-state index in [-0.39, 0.29) is 37.4 Å². The number of anilines is 1. The average molecular weight is 626 g/mol.